The number of carbonyl (C=O) groups excluding carboxylic acids is 1. The molecule has 1 amide bonds. The monoisotopic (exact) mass is 196 g/mol. The van der Waals surface area contributed by atoms with Crippen LogP contribution in [0.4, 0.5) is 0 Å². The summed E-state index contributed by atoms with van der Waals surface area (Å²) < 4.78 is 1.59. The van der Waals surface area contributed by atoms with Crippen LogP contribution in [-0.4, -0.2) is 27.8 Å². The van der Waals surface area contributed by atoms with E-state index in [0.717, 1.165) is 0 Å². The summed E-state index contributed by atoms with van der Waals surface area (Å²) in [6.45, 7) is 4.15. The molecule has 1 heterocycles. The molecule has 0 fully saturated rings. The lowest BCUT2D eigenvalue weighted by atomic mass is 10.1. The highest BCUT2D eigenvalue weighted by Gasteiger charge is 2.19. The molecule has 0 aliphatic carbocycles. The van der Waals surface area contributed by atoms with Crippen molar-refractivity contribution in [1.82, 2.24) is 15.1 Å². The number of aromatic nitrogens is 2. The molecule has 0 aliphatic rings. The Hall–Kier alpha value is -1.36. The van der Waals surface area contributed by atoms with Crippen molar-refractivity contribution in [2.45, 2.75) is 19.4 Å². The molecule has 0 radical (unpaired) electrons. The Morgan fingerprint density at radius 2 is 2.36 bits per heavy atom. The van der Waals surface area contributed by atoms with E-state index in [1.807, 2.05) is 13.8 Å². The first-order valence-corrected chi connectivity index (χ1v) is 4.46. The van der Waals surface area contributed by atoms with Gasteiger partial charge in [-0.15, -0.1) is 0 Å². The molecule has 5 heteroatoms. The van der Waals surface area contributed by atoms with E-state index in [1.165, 1.54) is 6.20 Å². The highest BCUT2D eigenvalue weighted by Crippen LogP contribution is 2.02. The number of carbonyl (C=O) groups is 1. The topological polar surface area (TPSA) is 72.9 Å². The van der Waals surface area contributed by atoms with Gasteiger partial charge in [0.15, 0.2) is 0 Å². The molecule has 78 valence electrons. The zero-order valence-corrected chi connectivity index (χ0v) is 8.74. The molecule has 0 saturated carbocycles. The zero-order valence-electron chi connectivity index (χ0n) is 8.74. The minimum atomic E-state index is -0.382. The summed E-state index contributed by atoms with van der Waals surface area (Å²) >= 11 is 0. The van der Waals surface area contributed by atoms with Gasteiger partial charge in [-0.2, -0.15) is 5.10 Å². The van der Waals surface area contributed by atoms with E-state index in [0.29, 0.717) is 12.1 Å². The Balaban J connectivity index is 2.68. The van der Waals surface area contributed by atoms with Gasteiger partial charge < -0.3 is 11.1 Å². The Labute approximate surface area is 83.3 Å². The van der Waals surface area contributed by atoms with Crippen molar-refractivity contribution in [3.63, 3.8) is 0 Å². The Morgan fingerprint density at radius 3 is 2.79 bits per heavy atom. The predicted molar refractivity (Wildman–Crippen MR) is 53.8 cm³/mol. The van der Waals surface area contributed by atoms with Crippen molar-refractivity contribution in [1.29, 1.82) is 0 Å². The number of hydrogen-bond acceptors (Lipinski definition) is 3. The largest absolute Gasteiger partial charge is 0.346 e. The fourth-order valence-electron chi connectivity index (χ4n) is 0.969. The number of rotatable bonds is 3. The second kappa shape index (κ2) is 3.79. The van der Waals surface area contributed by atoms with E-state index in [9.17, 15) is 4.79 Å². The average Bonchev–Trinajstić information content (AvgIpc) is 2.51. The molecule has 5 nitrogen and oxygen atoms in total. The Morgan fingerprint density at radius 1 is 1.71 bits per heavy atom. The number of hydrogen-bond donors (Lipinski definition) is 2. The molecule has 0 aromatic carbocycles. The molecular weight excluding hydrogens is 180 g/mol. The van der Waals surface area contributed by atoms with Crippen molar-refractivity contribution in [3.05, 3.63) is 18.0 Å². The Bertz CT molecular complexity index is 329. The van der Waals surface area contributed by atoms with Gasteiger partial charge in [0.05, 0.1) is 11.8 Å². The maximum absolute atomic E-state index is 11.6. The van der Waals surface area contributed by atoms with Gasteiger partial charge in [0.1, 0.15) is 0 Å². The molecule has 0 spiro atoms. The maximum Gasteiger partial charge on any atom is 0.254 e. The molecule has 0 unspecified atom stereocenters. The summed E-state index contributed by atoms with van der Waals surface area (Å²) in [6.07, 6.45) is 3.20. The normalized spacial score (nSPS) is 11.4. The molecule has 1 rings (SSSR count). The minimum Gasteiger partial charge on any atom is -0.346 e. The van der Waals surface area contributed by atoms with E-state index in [1.54, 1.807) is 17.9 Å². The predicted octanol–water partition coefficient (Wildman–Crippen LogP) is -0.113. The van der Waals surface area contributed by atoms with E-state index in [4.69, 9.17) is 5.73 Å². The van der Waals surface area contributed by atoms with Crippen molar-refractivity contribution in [2.75, 3.05) is 6.54 Å². The number of amides is 1. The van der Waals surface area contributed by atoms with Crippen LogP contribution < -0.4 is 11.1 Å². The summed E-state index contributed by atoms with van der Waals surface area (Å²) in [4.78, 5) is 11.6. The number of nitrogens with two attached hydrogens (primary N) is 1. The molecule has 3 N–H and O–H groups in total. The molecule has 14 heavy (non-hydrogen) atoms. The number of aryl methyl sites for hydroxylation is 1. The number of nitrogens with one attached hydrogen (secondary N) is 1. The van der Waals surface area contributed by atoms with Crippen molar-refractivity contribution < 1.29 is 4.79 Å². The van der Waals surface area contributed by atoms with Gasteiger partial charge in [0.25, 0.3) is 5.91 Å². The summed E-state index contributed by atoms with van der Waals surface area (Å²) in [7, 11) is 1.77. The second-order valence-corrected chi connectivity index (χ2v) is 3.94. The average molecular weight is 196 g/mol. The summed E-state index contributed by atoms with van der Waals surface area (Å²) in [6, 6.07) is 0. The lowest BCUT2D eigenvalue weighted by Gasteiger charge is -2.23. The first-order valence-electron chi connectivity index (χ1n) is 4.46. The third kappa shape index (κ3) is 2.56. The second-order valence-electron chi connectivity index (χ2n) is 3.94. The van der Waals surface area contributed by atoms with Gasteiger partial charge in [0.2, 0.25) is 0 Å². The minimum absolute atomic E-state index is 0.145. The highest BCUT2D eigenvalue weighted by atomic mass is 16.1. The highest BCUT2D eigenvalue weighted by molar-refractivity contribution is 5.94. The fourth-order valence-corrected chi connectivity index (χ4v) is 0.969. The van der Waals surface area contributed by atoms with E-state index in [-0.39, 0.29) is 11.4 Å². The SMILES string of the molecule is Cn1cc(C(=O)NC(C)(C)CN)cn1. The summed E-state index contributed by atoms with van der Waals surface area (Å²) in [5, 5.41) is 6.74. The Kier molecular flexibility index (Phi) is 2.90. The lowest BCUT2D eigenvalue weighted by molar-refractivity contribution is 0.0915. The quantitative estimate of drug-likeness (QED) is 0.708. The van der Waals surface area contributed by atoms with Gasteiger partial charge in [-0.3, -0.25) is 9.48 Å². The van der Waals surface area contributed by atoms with Crippen LogP contribution in [0.15, 0.2) is 12.4 Å². The smallest absolute Gasteiger partial charge is 0.254 e. The summed E-state index contributed by atoms with van der Waals surface area (Å²) in [5.74, 6) is -0.145. The number of nitrogens with zero attached hydrogens (tertiary/aromatic N) is 2. The maximum atomic E-state index is 11.6. The van der Waals surface area contributed by atoms with Crippen molar-refractivity contribution in [2.24, 2.45) is 12.8 Å². The van der Waals surface area contributed by atoms with Crippen LogP contribution in [0.5, 0.6) is 0 Å². The van der Waals surface area contributed by atoms with Gasteiger partial charge in [-0.25, -0.2) is 0 Å². The third-order valence-electron chi connectivity index (χ3n) is 1.93. The molecule has 0 atom stereocenters. The van der Waals surface area contributed by atoms with E-state index < -0.39 is 0 Å². The van der Waals surface area contributed by atoms with Crippen LogP contribution >= 0.6 is 0 Å². The summed E-state index contributed by atoms with van der Waals surface area (Å²) in [5.41, 5.74) is 5.67. The molecule has 0 aliphatic heterocycles. The molecular formula is C9H16N4O. The van der Waals surface area contributed by atoms with Crippen LogP contribution in [0.1, 0.15) is 24.2 Å². The van der Waals surface area contributed by atoms with E-state index >= 15 is 0 Å². The lowest BCUT2D eigenvalue weighted by Crippen LogP contribution is -2.48. The third-order valence-corrected chi connectivity index (χ3v) is 1.93. The van der Waals surface area contributed by atoms with Crippen LogP contribution in [0.3, 0.4) is 0 Å². The first kappa shape index (κ1) is 10.7. The van der Waals surface area contributed by atoms with Gasteiger partial charge >= 0.3 is 0 Å². The van der Waals surface area contributed by atoms with Crippen molar-refractivity contribution >= 4 is 5.91 Å². The van der Waals surface area contributed by atoms with Crippen LogP contribution in [0, 0.1) is 0 Å². The zero-order chi connectivity index (χ0) is 10.8. The standard InChI is InChI=1S/C9H16N4O/c1-9(2,6-10)12-8(14)7-4-11-13(3)5-7/h4-5H,6,10H2,1-3H3,(H,12,14). The van der Waals surface area contributed by atoms with Crippen LogP contribution in [-0.2, 0) is 7.05 Å². The van der Waals surface area contributed by atoms with Gasteiger partial charge in [-0.1, -0.05) is 0 Å². The molecule has 1 aromatic rings. The van der Waals surface area contributed by atoms with E-state index in [2.05, 4.69) is 10.4 Å². The van der Waals surface area contributed by atoms with Crippen LogP contribution in [0.2, 0.25) is 0 Å². The van der Waals surface area contributed by atoms with Crippen molar-refractivity contribution in [3.8, 4) is 0 Å². The first-order chi connectivity index (χ1) is 6.44. The molecule has 0 bridgehead atoms. The van der Waals surface area contributed by atoms with Gasteiger partial charge in [0, 0.05) is 25.3 Å². The fraction of sp³-hybridized carbons (Fsp3) is 0.556. The van der Waals surface area contributed by atoms with Crippen LogP contribution in [0.25, 0.3) is 0 Å². The molecule has 1 aromatic heterocycles. The van der Waals surface area contributed by atoms with Gasteiger partial charge in [-0.05, 0) is 13.8 Å². The molecule has 0 saturated heterocycles.